The summed E-state index contributed by atoms with van der Waals surface area (Å²) in [5.74, 6) is 0.262. The van der Waals surface area contributed by atoms with Crippen LogP contribution in [0.25, 0.3) is 0 Å². The van der Waals surface area contributed by atoms with Gasteiger partial charge in [0.15, 0.2) is 0 Å². The molecule has 0 unspecified atom stereocenters. The number of hydrogen-bond acceptors (Lipinski definition) is 3. The zero-order chi connectivity index (χ0) is 14.5. The summed E-state index contributed by atoms with van der Waals surface area (Å²) in [6.45, 7) is 1.93. The fourth-order valence-electron chi connectivity index (χ4n) is 1.67. The minimum absolute atomic E-state index is 0.0660. The van der Waals surface area contributed by atoms with E-state index < -0.39 is 0 Å². The quantitative estimate of drug-likeness (QED) is 0.664. The van der Waals surface area contributed by atoms with Crippen molar-refractivity contribution in [1.82, 2.24) is 0 Å². The summed E-state index contributed by atoms with van der Waals surface area (Å²) in [4.78, 5) is 12.9. The van der Waals surface area contributed by atoms with E-state index in [9.17, 15) is 4.79 Å². The van der Waals surface area contributed by atoms with Crippen molar-refractivity contribution in [2.75, 3.05) is 16.8 Å². The molecule has 0 aliphatic carbocycles. The van der Waals surface area contributed by atoms with Gasteiger partial charge in [0.2, 0.25) is 5.91 Å². The lowest BCUT2D eigenvalue weighted by Gasteiger charge is -2.09. The number of nitrogens with one attached hydrogen (secondary N) is 1. The Hall–Kier alpha value is -1.65. The number of nitrogens with two attached hydrogens (primary N) is 1. The van der Waals surface area contributed by atoms with Crippen molar-refractivity contribution < 1.29 is 4.79 Å². The van der Waals surface area contributed by atoms with Gasteiger partial charge in [-0.25, -0.2) is 0 Å². The highest BCUT2D eigenvalue weighted by Gasteiger charge is 2.06. The molecule has 0 atom stereocenters. The molecule has 3 N–H and O–H groups in total. The summed E-state index contributed by atoms with van der Waals surface area (Å²) in [5.41, 5.74) is 8.08. The molecule has 2 aromatic rings. The molecule has 0 aliphatic heterocycles. The van der Waals surface area contributed by atoms with Gasteiger partial charge in [-0.15, -0.1) is 11.8 Å². The Morgan fingerprint density at radius 2 is 2.10 bits per heavy atom. The highest BCUT2D eigenvalue weighted by molar-refractivity contribution is 8.00. The van der Waals surface area contributed by atoms with Crippen LogP contribution in [0.3, 0.4) is 0 Å². The molecular formula is C15H15ClN2OS. The van der Waals surface area contributed by atoms with Crippen LogP contribution >= 0.6 is 23.4 Å². The van der Waals surface area contributed by atoms with E-state index in [4.69, 9.17) is 17.3 Å². The number of rotatable bonds is 4. The standard InChI is InChI=1S/C15H15ClN2OS/c1-10-5-6-12(17)8-14(10)18-15(19)9-20-13-4-2-3-11(16)7-13/h2-8H,9,17H2,1H3,(H,18,19). The number of benzene rings is 2. The maximum atomic E-state index is 11.9. The van der Waals surface area contributed by atoms with Crippen LogP contribution in [0.4, 0.5) is 11.4 Å². The van der Waals surface area contributed by atoms with E-state index in [-0.39, 0.29) is 5.91 Å². The van der Waals surface area contributed by atoms with Crippen molar-refractivity contribution in [3.05, 3.63) is 53.1 Å². The van der Waals surface area contributed by atoms with E-state index >= 15 is 0 Å². The number of nitrogen functional groups attached to an aromatic ring is 1. The number of aryl methyl sites for hydroxylation is 1. The molecule has 3 nitrogen and oxygen atoms in total. The summed E-state index contributed by atoms with van der Waals surface area (Å²) >= 11 is 7.34. The van der Waals surface area contributed by atoms with Crippen molar-refractivity contribution in [2.45, 2.75) is 11.8 Å². The number of hydrogen-bond donors (Lipinski definition) is 2. The average Bonchev–Trinajstić information content (AvgIpc) is 2.41. The monoisotopic (exact) mass is 306 g/mol. The molecule has 2 rings (SSSR count). The van der Waals surface area contributed by atoms with Gasteiger partial charge in [0.25, 0.3) is 0 Å². The number of carbonyl (C=O) groups is 1. The van der Waals surface area contributed by atoms with Crippen molar-refractivity contribution >= 4 is 40.6 Å². The third kappa shape index (κ3) is 4.18. The summed E-state index contributed by atoms with van der Waals surface area (Å²) in [6.07, 6.45) is 0. The first-order valence-electron chi connectivity index (χ1n) is 6.09. The van der Waals surface area contributed by atoms with Crippen molar-refractivity contribution in [1.29, 1.82) is 0 Å². The van der Waals surface area contributed by atoms with Gasteiger partial charge >= 0.3 is 0 Å². The van der Waals surface area contributed by atoms with Crippen molar-refractivity contribution in [2.24, 2.45) is 0 Å². The Balaban J connectivity index is 1.94. The largest absolute Gasteiger partial charge is 0.399 e. The topological polar surface area (TPSA) is 55.1 Å². The number of halogens is 1. The molecule has 0 spiro atoms. The Morgan fingerprint density at radius 3 is 2.85 bits per heavy atom. The second-order valence-corrected chi connectivity index (χ2v) is 5.85. The SMILES string of the molecule is Cc1ccc(N)cc1NC(=O)CSc1cccc(Cl)c1. The molecule has 0 heterocycles. The third-order valence-corrected chi connectivity index (χ3v) is 3.93. The van der Waals surface area contributed by atoms with Gasteiger partial charge in [-0.2, -0.15) is 0 Å². The predicted octanol–water partition coefficient (Wildman–Crippen LogP) is 3.96. The second kappa shape index (κ2) is 6.68. The first kappa shape index (κ1) is 14.8. The Bertz CT molecular complexity index is 631. The minimum atomic E-state index is -0.0660. The van der Waals surface area contributed by atoms with Crippen LogP contribution in [0.2, 0.25) is 5.02 Å². The first-order chi connectivity index (χ1) is 9.54. The van der Waals surface area contributed by atoms with Crippen molar-refractivity contribution in [3.63, 3.8) is 0 Å². The molecule has 0 bridgehead atoms. The zero-order valence-corrected chi connectivity index (χ0v) is 12.6. The molecular weight excluding hydrogens is 292 g/mol. The molecule has 104 valence electrons. The Labute approximate surface area is 127 Å². The molecule has 1 amide bonds. The lowest BCUT2D eigenvalue weighted by molar-refractivity contribution is -0.113. The predicted molar refractivity (Wildman–Crippen MR) is 86.4 cm³/mol. The van der Waals surface area contributed by atoms with E-state index in [2.05, 4.69) is 5.32 Å². The third-order valence-electron chi connectivity index (χ3n) is 2.70. The Morgan fingerprint density at radius 1 is 1.30 bits per heavy atom. The molecule has 2 aromatic carbocycles. The van der Waals surface area contributed by atoms with Gasteiger partial charge in [0.05, 0.1) is 5.75 Å². The number of amides is 1. The lowest BCUT2D eigenvalue weighted by atomic mass is 10.2. The molecule has 0 aromatic heterocycles. The average molecular weight is 307 g/mol. The van der Waals surface area contributed by atoms with Crippen LogP contribution in [-0.4, -0.2) is 11.7 Å². The normalized spacial score (nSPS) is 10.3. The van der Waals surface area contributed by atoms with Crippen LogP contribution < -0.4 is 11.1 Å². The van der Waals surface area contributed by atoms with Crippen LogP contribution in [-0.2, 0) is 4.79 Å². The molecule has 0 saturated carbocycles. The molecule has 0 fully saturated rings. The lowest BCUT2D eigenvalue weighted by Crippen LogP contribution is -2.15. The summed E-state index contributed by atoms with van der Waals surface area (Å²) < 4.78 is 0. The van der Waals surface area contributed by atoms with Crippen LogP contribution in [0, 0.1) is 6.92 Å². The molecule has 0 saturated heterocycles. The second-order valence-electron chi connectivity index (χ2n) is 4.37. The summed E-state index contributed by atoms with van der Waals surface area (Å²) in [7, 11) is 0. The van der Waals surface area contributed by atoms with Crippen LogP contribution in [0.5, 0.6) is 0 Å². The molecule has 20 heavy (non-hydrogen) atoms. The van der Waals surface area contributed by atoms with E-state index in [1.54, 1.807) is 6.07 Å². The highest BCUT2D eigenvalue weighted by atomic mass is 35.5. The minimum Gasteiger partial charge on any atom is -0.399 e. The summed E-state index contributed by atoms with van der Waals surface area (Å²) in [5, 5.41) is 3.53. The fraction of sp³-hybridized carbons (Fsp3) is 0.133. The zero-order valence-electron chi connectivity index (χ0n) is 11.0. The van der Waals surface area contributed by atoms with Gasteiger partial charge in [0, 0.05) is 21.3 Å². The number of carbonyl (C=O) groups excluding carboxylic acids is 1. The maximum Gasteiger partial charge on any atom is 0.234 e. The number of anilines is 2. The molecule has 0 aliphatic rings. The molecule has 5 heteroatoms. The van der Waals surface area contributed by atoms with Gasteiger partial charge in [-0.3, -0.25) is 4.79 Å². The van der Waals surface area contributed by atoms with Crippen LogP contribution in [0.1, 0.15) is 5.56 Å². The van der Waals surface area contributed by atoms with E-state index in [0.29, 0.717) is 16.5 Å². The van der Waals surface area contributed by atoms with Gasteiger partial charge in [0.1, 0.15) is 0 Å². The van der Waals surface area contributed by atoms with E-state index in [1.165, 1.54) is 11.8 Å². The van der Waals surface area contributed by atoms with E-state index in [1.807, 2.05) is 43.3 Å². The first-order valence-corrected chi connectivity index (χ1v) is 7.45. The fourth-order valence-corrected chi connectivity index (χ4v) is 2.68. The van der Waals surface area contributed by atoms with Crippen molar-refractivity contribution in [3.8, 4) is 0 Å². The van der Waals surface area contributed by atoms with Crippen LogP contribution in [0.15, 0.2) is 47.4 Å². The van der Waals surface area contributed by atoms with Gasteiger partial charge in [-0.05, 0) is 42.8 Å². The van der Waals surface area contributed by atoms with E-state index in [0.717, 1.165) is 16.1 Å². The van der Waals surface area contributed by atoms with Gasteiger partial charge < -0.3 is 11.1 Å². The number of thioether (sulfide) groups is 1. The summed E-state index contributed by atoms with van der Waals surface area (Å²) in [6, 6.07) is 12.9. The van der Waals surface area contributed by atoms with Gasteiger partial charge in [-0.1, -0.05) is 23.7 Å². The highest BCUT2D eigenvalue weighted by Crippen LogP contribution is 2.23. The maximum absolute atomic E-state index is 11.9. The smallest absolute Gasteiger partial charge is 0.234 e. The molecule has 0 radical (unpaired) electrons. The Kier molecular flexibility index (Phi) is 4.93.